The van der Waals surface area contributed by atoms with Crippen LogP contribution in [-0.4, -0.2) is 11.9 Å². The Kier molecular flexibility index (Phi) is 8.46. The van der Waals surface area contributed by atoms with Crippen molar-refractivity contribution in [3.05, 3.63) is 167 Å². The smallest absolute Gasteiger partial charge is 0.343 e. The highest BCUT2D eigenvalue weighted by Gasteiger charge is 2.12. The van der Waals surface area contributed by atoms with E-state index in [1.165, 1.54) is 11.1 Å². The molecule has 0 atom stereocenters. The number of carbonyl (C=O) groups is 2. The molecule has 0 bridgehead atoms. The first-order valence-corrected chi connectivity index (χ1v) is 13.0. The number of aryl methyl sites for hydroxylation is 2. The monoisotopic (exact) mass is 522 g/mol. The molecule has 0 fully saturated rings. The Morgan fingerprint density at radius 1 is 0.450 bits per heavy atom. The molecule has 0 aliphatic heterocycles. The minimum Gasteiger partial charge on any atom is -0.423 e. The molecule has 0 amide bonds. The van der Waals surface area contributed by atoms with Crippen LogP contribution in [0, 0.1) is 11.8 Å². The molecule has 5 aromatic carbocycles. The van der Waals surface area contributed by atoms with Crippen molar-refractivity contribution in [3.63, 3.8) is 0 Å². The molecule has 0 unspecified atom stereocenters. The van der Waals surface area contributed by atoms with Crippen molar-refractivity contribution in [1.29, 1.82) is 0 Å². The first kappa shape index (κ1) is 26.2. The van der Waals surface area contributed by atoms with Crippen LogP contribution < -0.4 is 9.47 Å². The highest BCUT2D eigenvalue weighted by molar-refractivity contribution is 5.92. The Morgan fingerprint density at radius 2 is 0.850 bits per heavy atom. The second-order valence-corrected chi connectivity index (χ2v) is 9.13. The van der Waals surface area contributed by atoms with E-state index in [9.17, 15) is 9.59 Å². The topological polar surface area (TPSA) is 52.6 Å². The number of esters is 2. The fourth-order valence-electron chi connectivity index (χ4n) is 4.00. The Morgan fingerprint density at radius 3 is 1.38 bits per heavy atom. The largest absolute Gasteiger partial charge is 0.423 e. The third kappa shape index (κ3) is 7.34. The third-order valence-corrected chi connectivity index (χ3v) is 6.23. The number of rotatable bonds is 7. The fraction of sp³-hybridized carbons (Fsp3) is 0.0556. The van der Waals surface area contributed by atoms with Crippen LogP contribution in [0.4, 0.5) is 0 Å². The van der Waals surface area contributed by atoms with E-state index in [2.05, 4.69) is 24.0 Å². The zero-order valence-corrected chi connectivity index (χ0v) is 21.7. The van der Waals surface area contributed by atoms with Crippen molar-refractivity contribution < 1.29 is 19.1 Å². The first-order chi connectivity index (χ1) is 19.6. The van der Waals surface area contributed by atoms with Crippen LogP contribution in [0.15, 0.2) is 133 Å². The van der Waals surface area contributed by atoms with Gasteiger partial charge in [0, 0.05) is 11.1 Å². The number of ether oxygens (including phenoxy) is 2. The molecular weight excluding hydrogens is 496 g/mol. The maximum absolute atomic E-state index is 12.6. The van der Waals surface area contributed by atoms with E-state index in [0.29, 0.717) is 22.6 Å². The molecular formula is C36H26O4. The summed E-state index contributed by atoms with van der Waals surface area (Å²) in [7, 11) is 0. The molecule has 40 heavy (non-hydrogen) atoms. The van der Waals surface area contributed by atoms with Crippen LogP contribution in [0.5, 0.6) is 11.5 Å². The van der Waals surface area contributed by atoms with E-state index in [0.717, 1.165) is 24.0 Å². The average molecular weight is 523 g/mol. The molecule has 4 heteroatoms. The number of hydrogen-bond donors (Lipinski definition) is 0. The summed E-state index contributed by atoms with van der Waals surface area (Å²) < 4.78 is 11.0. The lowest BCUT2D eigenvalue weighted by atomic mass is 10.0. The van der Waals surface area contributed by atoms with Crippen molar-refractivity contribution in [2.45, 2.75) is 12.8 Å². The van der Waals surface area contributed by atoms with Gasteiger partial charge in [0.05, 0.1) is 11.1 Å². The molecule has 5 rings (SSSR count). The Labute approximate surface area is 233 Å². The van der Waals surface area contributed by atoms with Crippen LogP contribution in [0.1, 0.15) is 43.0 Å². The van der Waals surface area contributed by atoms with Crippen molar-refractivity contribution in [2.24, 2.45) is 0 Å². The Hall–Kier alpha value is -5.40. The van der Waals surface area contributed by atoms with E-state index in [4.69, 9.17) is 9.47 Å². The molecule has 0 aliphatic carbocycles. The highest BCUT2D eigenvalue weighted by atomic mass is 16.5. The van der Waals surface area contributed by atoms with Gasteiger partial charge < -0.3 is 9.47 Å². The van der Waals surface area contributed by atoms with E-state index < -0.39 is 11.9 Å². The zero-order valence-electron chi connectivity index (χ0n) is 21.7. The Balaban J connectivity index is 1.12. The predicted octanol–water partition coefficient (Wildman–Crippen LogP) is 7.31. The molecule has 0 saturated heterocycles. The normalized spacial score (nSPS) is 10.2. The average Bonchev–Trinajstić information content (AvgIpc) is 3.01. The lowest BCUT2D eigenvalue weighted by Gasteiger charge is -2.08. The summed E-state index contributed by atoms with van der Waals surface area (Å²) in [5, 5.41) is 0. The molecule has 5 aromatic rings. The van der Waals surface area contributed by atoms with Gasteiger partial charge in [0.15, 0.2) is 0 Å². The quantitative estimate of drug-likeness (QED) is 0.128. The van der Waals surface area contributed by atoms with Gasteiger partial charge in [-0.3, -0.25) is 0 Å². The molecule has 0 spiro atoms. The molecule has 0 aliphatic rings. The summed E-state index contributed by atoms with van der Waals surface area (Å²) in [6.07, 6.45) is 1.86. The summed E-state index contributed by atoms with van der Waals surface area (Å²) in [6.45, 7) is 0. The lowest BCUT2D eigenvalue weighted by molar-refractivity contribution is 0.0730. The van der Waals surface area contributed by atoms with Gasteiger partial charge in [-0.25, -0.2) is 9.59 Å². The maximum atomic E-state index is 12.6. The van der Waals surface area contributed by atoms with Gasteiger partial charge in [-0.15, -0.1) is 0 Å². The fourth-order valence-corrected chi connectivity index (χ4v) is 4.00. The van der Waals surface area contributed by atoms with Crippen LogP contribution in [0.3, 0.4) is 0 Å². The van der Waals surface area contributed by atoms with Crippen LogP contribution >= 0.6 is 0 Å². The van der Waals surface area contributed by atoms with Crippen molar-refractivity contribution in [3.8, 4) is 23.3 Å². The second kappa shape index (κ2) is 12.9. The first-order valence-electron chi connectivity index (χ1n) is 13.0. The molecule has 0 saturated carbocycles. The molecule has 0 N–H and O–H groups in total. The summed E-state index contributed by atoms with van der Waals surface area (Å²) in [5.41, 5.74) is 4.94. The Bertz CT molecular complexity index is 1630. The van der Waals surface area contributed by atoms with Gasteiger partial charge in [0.2, 0.25) is 0 Å². The van der Waals surface area contributed by atoms with Gasteiger partial charge in [0.25, 0.3) is 0 Å². The van der Waals surface area contributed by atoms with Gasteiger partial charge in [-0.1, -0.05) is 72.5 Å². The summed E-state index contributed by atoms with van der Waals surface area (Å²) >= 11 is 0. The van der Waals surface area contributed by atoms with Crippen LogP contribution in [0.25, 0.3) is 0 Å². The highest BCUT2D eigenvalue weighted by Crippen LogP contribution is 2.19. The molecule has 4 nitrogen and oxygen atoms in total. The van der Waals surface area contributed by atoms with Gasteiger partial charge in [-0.2, -0.15) is 0 Å². The second-order valence-electron chi connectivity index (χ2n) is 9.13. The molecule has 0 aromatic heterocycles. The molecule has 194 valence electrons. The summed E-state index contributed by atoms with van der Waals surface area (Å²) in [5.74, 6) is 5.99. The standard InChI is InChI=1S/C36H26O4/c37-35(31-19-15-29(16-20-31)13-11-27-7-3-1-4-8-27)40-34-25-21-32(22-26-34)36(38)39-33-23-17-30(18-24-33)14-12-28-9-5-2-6-10-28/h1-10,15-26H,12,14H2. The maximum Gasteiger partial charge on any atom is 0.343 e. The number of hydrogen-bond acceptors (Lipinski definition) is 4. The third-order valence-electron chi connectivity index (χ3n) is 6.23. The number of benzene rings is 5. The van der Waals surface area contributed by atoms with E-state index >= 15 is 0 Å². The minimum atomic E-state index is -0.495. The SMILES string of the molecule is O=C(Oc1ccc(C(=O)Oc2ccc(CCc3ccccc3)cc2)cc1)c1ccc(C#Cc2ccccc2)cc1. The predicted molar refractivity (Wildman–Crippen MR) is 156 cm³/mol. The number of carbonyl (C=O) groups excluding carboxylic acids is 2. The van der Waals surface area contributed by atoms with Crippen LogP contribution in [-0.2, 0) is 12.8 Å². The molecule has 0 heterocycles. The zero-order chi connectivity index (χ0) is 27.6. The van der Waals surface area contributed by atoms with Gasteiger partial charge >= 0.3 is 11.9 Å². The van der Waals surface area contributed by atoms with Crippen molar-refractivity contribution >= 4 is 11.9 Å². The minimum absolute atomic E-state index is 0.331. The van der Waals surface area contributed by atoms with Crippen LogP contribution in [0.2, 0.25) is 0 Å². The van der Waals surface area contributed by atoms with Gasteiger partial charge in [0.1, 0.15) is 11.5 Å². The van der Waals surface area contributed by atoms with Crippen molar-refractivity contribution in [1.82, 2.24) is 0 Å². The molecule has 0 radical (unpaired) electrons. The van der Waals surface area contributed by atoms with Gasteiger partial charge in [-0.05, 0) is 96.8 Å². The van der Waals surface area contributed by atoms with E-state index in [1.54, 1.807) is 60.7 Å². The van der Waals surface area contributed by atoms with Crippen molar-refractivity contribution in [2.75, 3.05) is 0 Å². The summed E-state index contributed by atoms with van der Waals surface area (Å²) in [4.78, 5) is 25.2. The summed E-state index contributed by atoms with van der Waals surface area (Å²) in [6, 6.07) is 40.7. The van der Waals surface area contributed by atoms with E-state index in [-0.39, 0.29) is 0 Å². The lowest BCUT2D eigenvalue weighted by Crippen LogP contribution is -2.10. The van der Waals surface area contributed by atoms with E-state index in [1.807, 2.05) is 60.7 Å².